The highest BCUT2D eigenvalue weighted by Gasteiger charge is 2.18. The van der Waals surface area contributed by atoms with Crippen LogP contribution in [0.3, 0.4) is 0 Å². The highest BCUT2D eigenvalue weighted by atomic mass is 16.6. The summed E-state index contributed by atoms with van der Waals surface area (Å²) in [6, 6.07) is 12.3. The number of esters is 1. The summed E-state index contributed by atoms with van der Waals surface area (Å²) in [5.41, 5.74) is 0.655. The molecule has 0 saturated heterocycles. The van der Waals surface area contributed by atoms with Gasteiger partial charge in [0.2, 0.25) is 5.91 Å². The van der Waals surface area contributed by atoms with Crippen LogP contribution in [0.15, 0.2) is 53.5 Å². The van der Waals surface area contributed by atoms with Crippen molar-refractivity contribution < 1.29 is 28.5 Å². The molecule has 9 heteroatoms. The Kier molecular flexibility index (Phi) is 8.72. The second-order valence-corrected chi connectivity index (χ2v) is 7.77. The molecule has 0 radical (unpaired) electrons. The first-order valence-electron chi connectivity index (χ1n) is 11.3. The number of nitrogens with one attached hydrogen (secondary N) is 1. The third kappa shape index (κ3) is 6.32. The molecule has 0 saturated carbocycles. The molecule has 0 aliphatic carbocycles. The van der Waals surface area contributed by atoms with E-state index in [0.717, 1.165) is 5.56 Å². The van der Waals surface area contributed by atoms with Crippen LogP contribution < -0.4 is 25.1 Å². The van der Waals surface area contributed by atoms with E-state index in [1.165, 1.54) is 4.57 Å². The van der Waals surface area contributed by atoms with Crippen LogP contribution >= 0.6 is 0 Å². The number of pyridine rings is 1. The van der Waals surface area contributed by atoms with Crippen molar-refractivity contribution in [2.45, 2.75) is 32.9 Å². The van der Waals surface area contributed by atoms with Crippen molar-refractivity contribution in [3.8, 4) is 17.2 Å². The number of carbonyl (C=O) groups excluding carboxylic acids is 2. The maximum atomic E-state index is 13.0. The number of ether oxygens (including phenoxy) is 4. The van der Waals surface area contributed by atoms with Crippen LogP contribution in [0.4, 0.5) is 0 Å². The first-order valence-corrected chi connectivity index (χ1v) is 11.3. The van der Waals surface area contributed by atoms with Gasteiger partial charge >= 0.3 is 5.97 Å². The molecule has 0 spiro atoms. The molecule has 2 aromatic carbocycles. The van der Waals surface area contributed by atoms with Gasteiger partial charge in [-0.25, -0.2) is 4.79 Å². The zero-order valence-electron chi connectivity index (χ0n) is 20.3. The lowest BCUT2D eigenvalue weighted by atomic mass is 10.1. The maximum absolute atomic E-state index is 13.0. The number of hydrogen-bond donors (Lipinski definition) is 1. The predicted octanol–water partition coefficient (Wildman–Crippen LogP) is 2.71. The van der Waals surface area contributed by atoms with Gasteiger partial charge in [0.15, 0.2) is 17.6 Å². The van der Waals surface area contributed by atoms with Crippen molar-refractivity contribution in [1.82, 2.24) is 9.88 Å². The number of benzene rings is 2. The van der Waals surface area contributed by atoms with Gasteiger partial charge in [-0.2, -0.15) is 0 Å². The summed E-state index contributed by atoms with van der Waals surface area (Å²) in [7, 11) is 3.14. The van der Waals surface area contributed by atoms with Gasteiger partial charge in [0.1, 0.15) is 12.3 Å². The van der Waals surface area contributed by atoms with Gasteiger partial charge in [0.25, 0.3) is 5.56 Å². The fourth-order valence-corrected chi connectivity index (χ4v) is 3.61. The molecular formula is C26H30N2O7. The topological polar surface area (TPSA) is 105 Å². The van der Waals surface area contributed by atoms with Crippen LogP contribution in [0.25, 0.3) is 10.8 Å². The Morgan fingerprint density at radius 3 is 2.49 bits per heavy atom. The van der Waals surface area contributed by atoms with Crippen molar-refractivity contribution >= 4 is 22.6 Å². The van der Waals surface area contributed by atoms with E-state index in [1.54, 1.807) is 58.5 Å². The minimum Gasteiger partial charge on any atom is -0.493 e. The predicted molar refractivity (Wildman–Crippen MR) is 131 cm³/mol. The van der Waals surface area contributed by atoms with Gasteiger partial charge in [0, 0.05) is 18.1 Å². The minimum atomic E-state index is -0.820. The van der Waals surface area contributed by atoms with Gasteiger partial charge in [-0.3, -0.25) is 9.59 Å². The van der Waals surface area contributed by atoms with E-state index in [4.69, 9.17) is 18.9 Å². The standard InChI is InChI=1S/C26H30N2O7/c1-5-34-26(31)17(2)35-21-8-6-7-20-19(21)12-14-28(25(20)30)16-24(29)27-13-11-18-9-10-22(32-3)23(15-18)33-4/h6-10,12,14-15,17H,5,11,13,16H2,1-4H3,(H,27,29)/t17-/m0/s1. The van der Waals surface area contributed by atoms with Gasteiger partial charge in [-0.15, -0.1) is 0 Å². The molecule has 1 heterocycles. The average molecular weight is 483 g/mol. The highest BCUT2D eigenvalue weighted by Crippen LogP contribution is 2.27. The third-order valence-electron chi connectivity index (χ3n) is 5.40. The lowest BCUT2D eigenvalue weighted by molar-refractivity contribution is -0.150. The summed E-state index contributed by atoms with van der Waals surface area (Å²) in [4.78, 5) is 37.3. The molecule has 1 amide bonds. The van der Waals surface area contributed by atoms with Crippen LogP contribution in [0.2, 0.25) is 0 Å². The molecule has 0 fully saturated rings. The smallest absolute Gasteiger partial charge is 0.347 e. The molecule has 0 aliphatic rings. The fourth-order valence-electron chi connectivity index (χ4n) is 3.61. The minimum absolute atomic E-state index is 0.120. The zero-order chi connectivity index (χ0) is 25.4. The normalized spacial score (nSPS) is 11.5. The summed E-state index contributed by atoms with van der Waals surface area (Å²) < 4.78 is 22.6. The Labute approximate surface area is 203 Å². The molecule has 186 valence electrons. The first kappa shape index (κ1) is 25.6. The van der Waals surface area contributed by atoms with Crippen LogP contribution in [0.5, 0.6) is 17.2 Å². The number of amides is 1. The summed E-state index contributed by atoms with van der Waals surface area (Å²) in [6.07, 6.45) is 1.32. The highest BCUT2D eigenvalue weighted by molar-refractivity contribution is 5.88. The van der Waals surface area contributed by atoms with Crippen molar-refractivity contribution in [3.05, 3.63) is 64.6 Å². The fraction of sp³-hybridized carbons (Fsp3) is 0.346. The van der Waals surface area contributed by atoms with Gasteiger partial charge in [-0.05, 0) is 56.2 Å². The van der Waals surface area contributed by atoms with Crippen molar-refractivity contribution in [2.75, 3.05) is 27.4 Å². The van der Waals surface area contributed by atoms with E-state index < -0.39 is 12.1 Å². The Morgan fingerprint density at radius 2 is 1.77 bits per heavy atom. The van der Waals surface area contributed by atoms with Crippen LogP contribution in [-0.4, -0.2) is 49.9 Å². The molecule has 1 N–H and O–H groups in total. The van der Waals surface area contributed by atoms with E-state index in [9.17, 15) is 14.4 Å². The number of fused-ring (bicyclic) bond motifs is 1. The van der Waals surface area contributed by atoms with Gasteiger partial charge < -0.3 is 28.8 Å². The molecule has 0 bridgehead atoms. The number of carbonyl (C=O) groups is 2. The Hall–Kier alpha value is -4.01. The van der Waals surface area contributed by atoms with E-state index >= 15 is 0 Å². The van der Waals surface area contributed by atoms with E-state index in [0.29, 0.717) is 41.0 Å². The van der Waals surface area contributed by atoms with Crippen LogP contribution in [0.1, 0.15) is 19.4 Å². The van der Waals surface area contributed by atoms with Crippen LogP contribution in [-0.2, 0) is 27.3 Å². The molecule has 9 nitrogen and oxygen atoms in total. The van der Waals surface area contributed by atoms with E-state index in [2.05, 4.69) is 5.32 Å². The average Bonchev–Trinajstić information content (AvgIpc) is 2.86. The first-order chi connectivity index (χ1) is 16.9. The quantitative estimate of drug-likeness (QED) is 0.419. The lowest BCUT2D eigenvalue weighted by Crippen LogP contribution is -2.33. The molecule has 0 aliphatic heterocycles. The number of nitrogens with zero attached hydrogens (tertiary/aromatic N) is 1. The van der Waals surface area contributed by atoms with Crippen molar-refractivity contribution in [3.63, 3.8) is 0 Å². The molecule has 3 aromatic rings. The number of hydrogen-bond acceptors (Lipinski definition) is 7. The SMILES string of the molecule is CCOC(=O)[C@H](C)Oc1cccc2c(=O)n(CC(=O)NCCc3ccc(OC)c(OC)c3)ccc12. The number of methoxy groups -OCH3 is 2. The lowest BCUT2D eigenvalue weighted by Gasteiger charge is -2.15. The van der Waals surface area contributed by atoms with E-state index in [-0.39, 0.29) is 24.6 Å². The molecular weight excluding hydrogens is 452 g/mol. The molecule has 0 unspecified atom stereocenters. The second-order valence-electron chi connectivity index (χ2n) is 7.77. The largest absolute Gasteiger partial charge is 0.493 e. The molecule has 1 aromatic heterocycles. The Bertz CT molecular complexity index is 1250. The Morgan fingerprint density at radius 1 is 1.00 bits per heavy atom. The van der Waals surface area contributed by atoms with Crippen molar-refractivity contribution in [2.24, 2.45) is 0 Å². The number of rotatable bonds is 11. The third-order valence-corrected chi connectivity index (χ3v) is 5.40. The zero-order valence-corrected chi connectivity index (χ0v) is 20.3. The molecule has 3 rings (SSSR count). The van der Waals surface area contributed by atoms with E-state index in [1.807, 2.05) is 18.2 Å². The Balaban J connectivity index is 1.65. The summed E-state index contributed by atoms with van der Waals surface area (Å²) in [6.45, 7) is 3.84. The monoisotopic (exact) mass is 482 g/mol. The molecule has 35 heavy (non-hydrogen) atoms. The second kappa shape index (κ2) is 11.9. The van der Waals surface area contributed by atoms with Crippen molar-refractivity contribution in [1.29, 1.82) is 0 Å². The van der Waals surface area contributed by atoms with Gasteiger partial charge in [0.05, 0.1) is 26.2 Å². The van der Waals surface area contributed by atoms with Crippen LogP contribution in [0, 0.1) is 0 Å². The maximum Gasteiger partial charge on any atom is 0.347 e. The van der Waals surface area contributed by atoms with Gasteiger partial charge in [-0.1, -0.05) is 12.1 Å². The number of aromatic nitrogens is 1. The summed E-state index contributed by atoms with van der Waals surface area (Å²) in [5.74, 6) is 0.892. The summed E-state index contributed by atoms with van der Waals surface area (Å²) >= 11 is 0. The summed E-state index contributed by atoms with van der Waals surface area (Å²) in [5, 5.41) is 3.78. The molecule has 1 atom stereocenters.